The normalized spacial score (nSPS) is 22.0. The van der Waals surface area contributed by atoms with Crippen molar-refractivity contribution in [2.45, 2.75) is 132 Å². The molecule has 2 aromatic carbocycles. The van der Waals surface area contributed by atoms with Crippen LogP contribution >= 0.6 is 0 Å². The van der Waals surface area contributed by atoms with Crippen LogP contribution in [0.1, 0.15) is 142 Å². The number of hydrogen-bond acceptors (Lipinski definition) is 8. The third-order valence-corrected chi connectivity index (χ3v) is 15.8. The second-order valence-electron chi connectivity index (χ2n) is 20.6. The quantitative estimate of drug-likeness (QED) is 0.102. The van der Waals surface area contributed by atoms with Crippen molar-refractivity contribution in [2.75, 3.05) is 0 Å². The number of aryl methyl sites for hydroxylation is 4. The summed E-state index contributed by atoms with van der Waals surface area (Å²) in [5.74, 6) is -3.97. The molecule has 6 aromatic rings. The average molecular weight is 991 g/mol. The zero-order chi connectivity index (χ0) is 52.6. The van der Waals surface area contributed by atoms with Gasteiger partial charge in [-0.15, -0.1) is 0 Å². The predicted octanol–water partition coefficient (Wildman–Crippen LogP) is 12.8. The van der Waals surface area contributed by atoms with Crippen LogP contribution < -0.4 is 11.5 Å². The molecule has 8 atom stereocenters. The molecular weight excluding hydrogens is 927 g/mol. The fourth-order valence-electron chi connectivity index (χ4n) is 10.6. The predicted molar refractivity (Wildman–Crippen MR) is 269 cm³/mol. The van der Waals surface area contributed by atoms with Gasteiger partial charge in [0.2, 0.25) is 0 Å². The molecule has 14 heteroatoms. The molecule has 2 aliphatic rings. The number of benzene rings is 2. The molecule has 0 radical (unpaired) electrons. The number of pyridine rings is 4. The second-order valence-corrected chi connectivity index (χ2v) is 20.6. The third-order valence-electron chi connectivity index (χ3n) is 15.8. The molecule has 4 aromatic heterocycles. The maximum absolute atomic E-state index is 15.0. The van der Waals surface area contributed by atoms with Crippen LogP contribution in [0.2, 0.25) is 0 Å². The van der Waals surface area contributed by atoms with Crippen LogP contribution in [0.25, 0.3) is 22.5 Å². The maximum Gasteiger partial charge on any atom is 0.185 e. The Labute approximate surface area is 418 Å². The van der Waals surface area contributed by atoms with Crippen molar-refractivity contribution >= 4 is 11.6 Å². The molecule has 0 bridgehead atoms. The van der Waals surface area contributed by atoms with Gasteiger partial charge < -0.3 is 11.5 Å². The van der Waals surface area contributed by atoms with E-state index in [0.717, 1.165) is 72.2 Å². The molecule has 4 N–H and O–H groups in total. The Hall–Kier alpha value is -6.12. The number of hydrogen-bond donors (Lipinski definition) is 2. The van der Waals surface area contributed by atoms with Gasteiger partial charge in [0.15, 0.2) is 11.6 Å². The van der Waals surface area contributed by atoms with Gasteiger partial charge in [0.25, 0.3) is 0 Å². The molecule has 0 spiro atoms. The number of nitrogens with zero attached hydrogens (tertiary/aromatic N) is 4. The summed E-state index contributed by atoms with van der Waals surface area (Å²) < 4.78 is 89.2. The standard InChI is InChI=1S/2C29H32F3N3O/c2*1-14-8-19(11-24(33)17(14)4)21-6-7-34-13-20(21)12-25(36)28-16(3)10-23(31)29(35-28)26-22(30)9-15(2)18(5)27(26)32/h2*6-7,9-10,13-14,17,19,24H,8,11-12,33H2,1-5H3/t14-,17+,19+,24+;14-,17-,19+,24+/m00/s1. The molecule has 72 heavy (non-hydrogen) atoms. The minimum Gasteiger partial charge on any atom is -0.327 e. The number of Topliss-reactive ketones (excluding diaryl/α,β-unsaturated/α-hetero) is 2. The molecule has 0 unspecified atom stereocenters. The molecule has 0 amide bonds. The van der Waals surface area contributed by atoms with Crippen molar-refractivity contribution in [2.24, 2.45) is 35.1 Å². The van der Waals surface area contributed by atoms with Gasteiger partial charge in [0, 0.05) is 49.7 Å². The van der Waals surface area contributed by atoms with Gasteiger partial charge in [-0.25, -0.2) is 36.3 Å². The number of carbonyl (C=O) groups excluding carboxylic acids is 2. The Balaban J connectivity index is 0.000000211. The first kappa shape index (κ1) is 53.7. The van der Waals surface area contributed by atoms with Gasteiger partial charge in [0.1, 0.15) is 57.7 Å². The van der Waals surface area contributed by atoms with Gasteiger partial charge in [-0.3, -0.25) is 19.6 Å². The van der Waals surface area contributed by atoms with Gasteiger partial charge in [0.05, 0.1) is 11.1 Å². The number of aromatic nitrogens is 4. The summed E-state index contributed by atoms with van der Waals surface area (Å²) in [5.41, 5.74) is 16.0. The van der Waals surface area contributed by atoms with Crippen molar-refractivity contribution in [3.8, 4) is 22.5 Å². The SMILES string of the molecule is Cc1cc(F)c(-c2c(F)cc(C)c(C)c2F)nc1C(=O)Cc1cnccc1[C@H]1C[C@@H](N)[C@@H](C)[C@@H](C)C1.Cc1cc(F)c(-c2c(F)cc(C)c(C)c2F)nc1C(=O)Cc1cnccc1[C@H]1C[C@@H](N)[C@H](C)[C@@H](C)C1. The van der Waals surface area contributed by atoms with Gasteiger partial charge >= 0.3 is 0 Å². The highest BCUT2D eigenvalue weighted by Gasteiger charge is 2.35. The van der Waals surface area contributed by atoms with E-state index in [1.807, 2.05) is 12.1 Å². The topological polar surface area (TPSA) is 138 Å². The van der Waals surface area contributed by atoms with Gasteiger partial charge in [-0.2, -0.15) is 0 Å². The van der Waals surface area contributed by atoms with Crippen molar-refractivity contribution in [3.05, 3.63) is 163 Å². The number of carbonyl (C=O) groups is 2. The zero-order valence-electron chi connectivity index (χ0n) is 42.7. The van der Waals surface area contributed by atoms with E-state index in [-0.39, 0.29) is 70.8 Å². The van der Waals surface area contributed by atoms with E-state index in [4.69, 9.17) is 11.5 Å². The number of ketones is 2. The number of nitrogens with two attached hydrogens (primary N) is 2. The largest absolute Gasteiger partial charge is 0.327 e. The highest BCUT2D eigenvalue weighted by molar-refractivity contribution is 5.98. The summed E-state index contributed by atoms with van der Waals surface area (Å²) in [5, 5.41) is 0. The second kappa shape index (κ2) is 21.9. The molecule has 0 aliphatic heterocycles. The summed E-state index contributed by atoms with van der Waals surface area (Å²) in [6, 6.07) is 8.51. The van der Waals surface area contributed by atoms with Crippen LogP contribution in [0, 0.1) is 100 Å². The Bertz CT molecular complexity index is 2830. The highest BCUT2D eigenvalue weighted by atomic mass is 19.2. The summed E-state index contributed by atoms with van der Waals surface area (Å²) in [4.78, 5) is 43.6. The molecule has 2 fully saturated rings. The molecular formula is C58H64F6N6O2. The molecule has 8 nitrogen and oxygen atoms in total. The molecule has 8 rings (SSSR count). The average Bonchev–Trinajstić information content (AvgIpc) is 3.32. The Morgan fingerprint density at radius 3 is 1.22 bits per heavy atom. The smallest absolute Gasteiger partial charge is 0.185 e. The van der Waals surface area contributed by atoms with Crippen molar-refractivity contribution in [1.29, 1.82) is 0 Å². The monoisotopic (exact) mass is 990 g/mol. The van der Waals surface area contributed by atoms with Crippen molar-refractivity contribution < 1.29 is 35.9 Å². The molecule has 2 aliphatic carbocycles. The molecule has 380 valence electrons. The fraction of sp³-hybridized carbons (Fsp3) is 0.414. The third kappa shape index (κ3) is 10.9. The van der Waals surface area contributed by atoms with E-state index >= 15 is 0 Å². The Kier molecular flexibility index (Phi) is 16.3. The highest BCUT2D eigenvalue weighted by Crippen LogP contribution is 2.42. The minimum atomic E-state index is -0.921. The summed E-state index contributed by atoms with van der Waals surface area (Å²) in [6.07, 6.45) is 10.3. The first-order valence-corrected chi connectivity index (χ1v) is 24.7. The van der Waals surface area contributed by atoms with Gasteiger partial charge in [-0.1, -0.05) is 27.7 Å². The van der Waals surface area contributed by atoms with Crippen LogP contribution in [-0.4, -0.2) is 43.6 Å². The van der Waals surface area contributed by atoms with E-state index in [1.54, 1.807) is 52.5 Å². The van der Waals surface area contributed by atoms with Crippen LogP contribution in [0.3, 0.4) is 0 Å². The Morgan fingerprint density at radius 2 is 0.875 bits per heavy atom. The first-order valence-electron chi connectivity index (χ1n) is 24.7. The van der Waals surface area contributed by atoms with Crippen LogP contribution in [0.15, 0.2) is 61.2 Å². The lowest BCUT2D eigenvalue weighted by Crippen LogP contribution is -2.39. The van der Waals surface area contributed by atoms with E-state index in [2.05, 4.69) is 47.6 Å². The van der Waals surface area contributed by atoms with E-state index in [9.17, 15) is 35.9 Å². The Morgan fingerprint density at radius 1 is 0.528 bits per heavy atom. The van der Waals surface area contributed by atoms with Crippen molar-refractivity contribution in [1.82, 2.24) is 19.9 Å². The van der Waals surface area contributed by atoms with E-state index in [1.165, 1.54) is 13.8 Å². The lowest BCUT2D eigenvalue weighted by molar-refractivity contribution is 0.0978. The van der Waals surface area contributed by atoms with E-state index in [0.29, 0.717) is 45.9 Å². The molecule has 4 heterocycles. The van der Waals surface area contributed by atoms with Crippen LogP contribution in [0.5, 0.6) is 0 Å². The first-order chi connectivity index (χ1) is 34.0. The van der Waals surface area contributed by atoms with E-state index < -0.39 is 57.4 Å². The number of rotatable bonds is 10. The maximum atomic E-state index is 15.0. The summed E-state index contributed by atoms with van der Waals surface area (Å²) in [7, 11) is 0. The lowest BCUT2D eigenvalue weighted by Gasteiger charge is -2.37. The van der Waals surface area contributed by atoms with Crippen molar-refractivity contribution in [3.63, 3.8) is 0 Å². The molecule has 2 saturated carbocycles. The van der Waals surface area contributed by atoms with Gasteiger partial charge in [-0.05, 0) is 195 Å². The minimum absolute atomic E-state index is 0.00432. The molecule has 0 saturated heterocycles. The number of halogens is 6. The lowest BCUT2D eigenvalue weighted by atomic mass is 9.70. The fourth-order valence-corrected chi connectivity index (χ4v) is 10.6. The van der Waals surface area contributed by atoms with Crippen LogP contribution in [-0.2, 0) is 12.8 Å². The summed E-state index contributed by atoms with van der Waals surface area (Å²) in [6.45, 7) is 18.0. The summed E-state index contributed by atoms with van der Waals surface area (Å²) >= 11 is 0. The zero-order valence-corrected chi connectivity index (χ0v) is 42.7. The van der Waals surface area contributed by atoms with Crippen LogP contribution in [0.4, 0.5) is 26.3 Å².